The van der Waals surface area contributed by atoms with Crippen LogP contribution in [0.3, 0.4) is 0 Å². The quantitative estimate of drug-likeness (QED) is 0.634. The van der Waals surface area contributed by atoms with Crippen molar-refractivity contribution in [3.05, 3.63) is 24.3 Å². The summed E-state index contributed by atoms with van der Waals surface area (Å²) in [6.45, 7) is 5.66. The lowest BCUT2D eigenvalue weighted by atomic mass is 9.66. The first-order chi connectivity index (χ1) is 10.3. The van der Waals surface area contributed by atoms with Gasteiger partial charge in [0.2, 0.25) is 5.60 Å². The molecule has 2 unspecified atom stereocenters. The predicted molar refractivity (Wildman–Crippen MR) is 78.6 cm³/mol. The van der Waals surface area contributed by atoms with Gasteiger partial charge in [-0.05, 0) is 31.9 Å². The van der Waals surface area contributed by atoms with Crippen LogP contribution in [0.15, 0.2) is 24.3 Å². The predicted octanol–water partition coefficient (Wildman–Crippen LogP) is 2.72. The molecule has 0 N–H and O–H groups in total. The minimum absolute atomic E-state index is 0.319. The SMILES string of the molecule is COc1ccccc1OC(=O)C12CCC(C)(C(=O)O1)C2(C)C. The number of hydrogen-bond acceptors (Lipinski definition) is 5. The van der Waals surface area contributed by atoms with Crippen LogP contribution in [0.25, 0.3) is 0 Å². The van der Waals surface area contributed by atoms with Gasteiger partial charge in [0.15, 0.2) is 11.5 Å². The zero-order valence-corrected chi connectivity index (χ0v) is 13.3. The van der Waals surface area contributed by atoms with Gasteiger partial charge in [-0.1, -0.05) is 26.0 Å². The number of rotatable bonds is 3. The van der Waals surface area contributed by atoms with Crippen LogP contribution in [-0.2, 0) is 14.3 Å². The van der Waals surface area contributed by atoms with Crippen molar-refractivity contribution in [2.45, 2.75) is 39.2 Å². The van der Waals surface area contributed by atoms with E-state index in [1.165, 1.54) is 7.11 Å². The molecule has 0 spiro atoms. The van der Waals surface area contributed by atoms with E-state index in [9.17, 15) is 9.59 Å². The van der Waals surface area contributed by atoms with Crippen molar-refractivity contribution in [3.63, 3.8) is 0 Å². The summed E-state index contributed by atoms with van der Waals surface area (Å²) in [5, 5.41) is 0. The molecule has 1 aromatic carbocycles. The monoisotopic (exact) mass is 304 g/mol. The molecule has 5 heteroatoms. The summed E-state index contributed by atoms with van der Waals surface area (Å²) in [6.07, 6.45) is 1.11. The molecule has 2 aliphatic rings. The number of hydrogen-bond donors (Lipinski definition) is 0. The van der Waals surface area contributed by atoms with Gasteiger partial charge in [-0.3, -0.25) is 4.79 Å². The number of para-hydroxylation sites is 2. The van der Waals surface area contributed by atoms with Crippen LogP contribution in [-0.4, -0.2) is 24.6 Å². The molecule has 5 nitrogen and oxygen atoms in total. The van der Waals surface area contributed by atoms with E-state index >= 15 is 0 Å². The molecule has 1 saturated heterocycles. The average molecular weight is 304 g/mol. The fraction of sp³-hybridized carbons (Fsp3) is 0.529. The third-order valence-electron chi connectivity index (χ3n) is 5.69. The Kier molecular flexibility index (Phi) is 3.03. The van der Waals surface area contributed by atoms with E-state index in [-0.39, 0.29) is 5.97 Å². The van der Waals surface area contributed by atoms with Crippen molar-refractivity contribution in [2.75, 3.05) is 7.11 Å². The summed E-state index contributed by atoms with van der Waals surface area (Å²) in [6, 6.07) is 6.92. The molecule has 2 bridgehead atoms. The van der Waals surface area contributed by atoms with E-state index in [0.29, 0.717) is 24.3 Å². The summed E-state index contributed by atoms with van der Waals surface area (Å²) in [4.78, 5) is 25.0. The minimum Gasteiger partial charge on any atom is -0.493 e. The van der Waals surface area contributed by atoms with Crippen LogP contribution < -0.4 is 9.47 Å². The molecular weight excluding hydrogens is 284 g/mol. The van der Waals surface area contributed by atoms with E-state index in [0.717, 1.165) is 0 Å². The van der Waals surface area contributed by atoms with Gasteiger partial charge in [-0.15, -0.1) is 0 Å². The third-order valence-corrected chi connectivity index (χ3v) is 5.69. The van der Waals surface area contributed by atoms with E-state index in [4.69, 9.17) is 14.2 Å². The first kappa shape index (κ1) is 14.9. The fourth-order valence-corrected chi connectivity index (χ4v) is 3.59. The van der Waals surface area contributed by atoms with Crippen molar-refractivity contribution in [2.24, 2.45) is 10.8 Å². The zero-order valence-electron chi connectivity index (χ0n) is 13.3. The Hall–Kier alpha value is -2.04. The normalized spacial score (nSPS) is 31.7. The lowest BCUT2D eigenvalue weighted by Crippen LogP contribution is -2.50. The number of benzene rings is 1. The molecule has 1 aromatic rings. The van der Waals surface area contributed by atoms with Crippen molar-refractivity contribution < 1.29 is 23.8 Å². The molecular formula is C17H20O5. The van der Waals surface area contributed by atoms with Crippen molar-refractivity contribution in [1.29, 1.82) is 0 Å². The number of ether oxygens (including phenoxy) is 3. The maximum absolute atomic E-state index is 12.8. The van der Waals surface area contributed by atoms with E-state index in [2.05, 4.69) is 0 Å². The highest BCUT2D eigenvalue weighted by Crippen LogP contribution is 2.65. The first-order valence-corrected chi connectivity index (χ1v) is 7.37. The molecule has 0 radical (unpaired) electrons. The second kappa shape index (κ2) is 4.48. The molecule has 2 fully saturated rings. The van der Waals surface area contributed by atoms with Crippen LogP contribution in [0.2, 0.25) is 0 Å². The van der Waals surface area contributed by atoms with Gasteiger partial charge < -0.3 is 14.2 Å². The Balaban J connectivity index is 1.95. The highest BCUT2D eigenvalue weighted by molar-refractivity contribution is 5.94. The van der Waals surface area contributed by atoms with Crippen molar-refractivity contribution in [1.82, 2.24) is 0 Å². The van der Waals surface area contributed by atoms with Crippen LogP contribution in [0.5, 0.6) is 11.5 Å². The smallest absolute Gasteiger partial charge is 0.356 e. The molecule has 118 valence electrons. The summed E-state index contributed by atoms with van der Waals surface area (Å²) in [5.74, 6) is -0.0517. The van der Waals surface area contributed by atoms with Crippen LogP contribution in [0.1, 0.15) is 33.6 Å². The lowest BCUT2D eigenvalue weighted by Gasteiger charge is -2.34. The Morgan fingerprint density at radius 2 is 1.77 bits per heavy atom. The molecule has 1 aliphatic carbocycles. The van der Waals surface area contributed by atoms with Gasteiger partial charge >= 0.3 is 11.9 Å². The maximum atomic E-state index is 12.8. The Morgan fingerprint density at radius 3 is 2.27 bits per heavy atom. The molecule has 2 atom stereocenters. The molecule has 1 heterocycles. The number of fused-ring (bicyclic) bond motifs is 2. The third kappa shape index (κ3) is 1.59. The number of carbonyl (C=O) groups is 2. The van der Waals surface area contributed by atoms with Crippen LogP contribution >= 0.6 is 0 Å². The highest BCUT2D eigenvalue weighted by Gasteiger charge is 2.76. The van der Waals surface area contributed by atoms with Gasteiger partial charge in [0.1, 0.15) is 0 Å². The summed E-state index contributed by atoms with van der Waals surface area (Å²) in [7, 11) is 1.51. The van der Waals surface area contributed by atoms with Crippen molar-refractivity contribution >= 4 is 11.9 Å². The van der Waals surface area contributed by atoms with Crippen LogP contribution in [0, 0.1) is 10.8 Å². The molecule has 1 aliphatic heterocycles. The van der Waals surface area contributed by atoms with Gasteiger partial charge in [-0.2, -0.15) is 0 Å². The van der Waals surface area contributed by atoms with E-state index in [1.54, 1.807) is 24.3 Å². The van der Waals surface area contributed by atoms with E-state index in [1.807, 2.05) is 20.8 Å². The largest absolute Gasteiger partial charge is 0.493 e. The van der Waals surface area contributed by atoms with Crippen molar-refractivity contribution in [3.8, 4) is 11.5 Å². The summed E-state index contributed by atoms with van der Waals surface area (Å²) in [5.41, 5.74) is -2.48. The number of methoxy groups -OCH3 is 1. The second-order valence-corrected chi connectivity index (χ2v) is 6.71. The topological polar surface area (TPSA) is 61.8 Å². The second-order valence-electron chi connectivity index (χ2n) is 6.71. The zero-order chi connectivity index (χ0) is 16.2. The number of carbonyl (C=O) groups excluding carboxylic acids is 2. The Labute approximate surface area is 129 Å². The van der Waals surface area contributed by atoms with Crippen LogP contribution in [0.4, 0.5) is 0 Å². The summed E-state index contributed by atoms with van der Waals surface area (Å²) >= 11 is 0. The van der Waals surface area contributed by atoms with Gasteiger partial charge in [-0.25, -0.2) is 4.79 Å². The standard InChI is InChI=1S/C17H20O5/c1-15(2)16(3)9-10-17(15,22-13(16)18)14(19)21-12-8-6-5-7-11(12)20-4/h5-8H,9-10H2,1-4H3. The highest BCUT2D eigenvalue weighted by atomic mass is 16.6. The minimum atomic E-state index is -1.22. The molecule has 1 saturated carbocycles. The van der Waals surface area contributed by atoms with Gasteiger partial charge in [0.25, 0.3) is 0 Å². The molecule has 0 aromatic heterocycles. The maximum Gasteiger partial charge on any atom is 0.356 e. The first-order valence-electron chi connectivity index (χ1n) is 7.37. The fourth-order valence-electron chi connectivity index (χ4n) is 3.59. The van der Waals surface area contributed by atoms with E-state index < -0.39 is 22.4 Å². The lowest BCUT2D eigenvalue weighted by molar-refractivity contribution is -0.176. The van der Waals surface area contributed by atoms with Gasteiger partial charge in [0.05, 0.1) is 12.5 Å². The van der Waals surface area contributed by atoms with Gasteiger partial charge in [0, 0.05) is 5.41 Å². The molecule has 22 heavy (non-hydrogen) atoms. The average Bonchev–Trinajstić information content (AvgIpc) is 2.78. The number of esters is 2. The Bertz CT molecular complexity index is 650. The summed E-state index contributed by atoms with van der Waals surface area (Å²) < 4.78 is 16.2. The molecule has 3 rings (SSSR count). The Morgan fingerprint density at radius 1 is 1.14 bits per heavy atom. The molecule has 0 amide bonds.